The van der Waals surface area contributed by atoms with Crippen molar-refractivity contribution in [1.82, 2.24) is 14.9 Å². The van der Waals surface area contributed by atoms with E-state index in [4.69, 9.17) is 10.5 Å². The van der Waals surface area contributed by atoms with Crippen molar-refractivity contribution in [3.05, 3.63) is 47.2 Å². The number of nitrogens with two attached hydrogens (primary N) is 1. The number of fused-ring (bicyclic) bond motifs is 1. The normalized spacial score (nSPS) is 24.0. The predicted molar refractivity (Wildman–Crippen MR) is 113 cm³/mol. The van der Waals surface area contributed by atoms with Crippen LogP contribution in [0.1, 0.15) is 29.3 Å². The van der Waals surface area contributed by atoms with Crippen molar-refractivity contribution >= 4 is 17.7 Å². The standard InChI is InChI=1S/C22H29N5O2/c1-14-17(9-10-19(28)29-3)21(25-22(23)24-14)27-12-16-11-26(2)20(18(16)13-27)15-7-5-4-6-8-15/h4-8,16,18,20H,9-13H2,1-3H3,(H2,23,24,25)/t16-,18+,20-/m0/s1. The van der Waals surface area contributed by atoms with E-state index in [-0.39, 0.29) is 11.9 Å². The third-order valence-corrected chi connectivity index (χ3v) is 6.35. The maximum Gasteiger partial charge on any atom is 0.305 e. The van der Waals surface area contributed by atoms with Gasteiger partial charge in [0.15, 0.2) is 0 Å². The summed E-state index contributed by atoms with van der Waals surface area (Å²) in [5.41, 5.74) is 9.19. The average Bonchev–Trinajstić information content (AvgIpc) is 3.23. The monoisotopic (exact) mass is 395 g/mol. The van der Waals surface area contributed by atoms with Gasteiger partial charge in [0.1, 0.15) is 5.82 Å². The Kier molecular flexibility index (Phi) is 5.41. The van der Waals surface area contributed by atoms with Crippen molar-refractivity contribution in [3.8, 4) is 0 Å². The number of rotatable bonds is 5. The zero-order chi connectivity index (χ0) is 20.5. The van der Waals surface area contributed by atoms with Gasteiger partial charge in [0.05, 0.1) is 7.11 Å². The lowest BCUT2D eigenvalue weighted by molar-refractivity contribution is -0.140. The number of likely N-dealkylation sites (tertiary alicyclic amines) is 1. The largest absolute Gasteiger partial charge is 0.469 e. The first-order valence-corrected chi connectivity index (χ1v) is 10.2. The smallest absolute Gasteiger partial charge is 0.305 e. The first kappa shape index (κ1) is 19.6. The Hall–Kier alpha value is -2.67. The van der Waals surface area contributed by atoms with Gasteiger partial charge >= 0.3 is 5.97 Å². The first-order valence-electron chi connectivity index (χ1n) is 10.2. The van der Waals surface area contributed by atoms with Gasteiger partial charge in [-0.3, -0.25) is 9.69 Å². The number of methoxy groups -OCH3 is 1. The number of ether oxygens (including phenoxy) is 1. The molecule has 0 aliphatic carbocycles. The highest BCUT2D eigenvalue weighted by Crippen LogP contribution is 2.45. The number of aryl methyl sites for hydroxylation is 1. The third kappa shape index (κ3) is 3.79. The summed E-state index contributed by atoms with van der Waals surface area (Å²) in [7, 11) is 3.63. The predicted octanol–water partition coefficient (Wildman–Crippen LogP) is 2.21. The van der Waals surface area contributed by atoms with Gasteiger partial charge in [-0.15, -0.1) is 0 Å². The number of carbonyl (C=O) groups is 1. The molecule has 154 valence electrons. The van der Waals surface area contributed by atoms with Crippen LogP contribution >= 0.6 is 0 Å². The van der Waals surface area contributed by atoms with Crippen LogP contribution in [0.3, 0.4) is 0 Å². The second-order valence-electron chi connectivity index (χ2n) is 8.17. The summed E-state index contributed by atoms with van der Waals surface area (Å²) in [6.07, 6.45) is 0.871. The molecule has 2 aliphatic heterocycles. The second kappa shape index (κ2) is 7.99. The minimum Gasteiger partial charge on any atom is -0.469 e. The first-order chi connectivity index (χ1) is 14.0. The summed E-state index contributed by atoms with van der Waals surface area (Å²) in [6.45, 7) is 4.87. The second-order valence-corrected chi connectivity index (χ2v) is 8.17. The Morgan fingerprint density at radius 2 is 1.97 bits per heavy atom. The summed E-state index contributed by atoms with van der Waals surface area (Å²) in [6, 6.07) is 11.1. The number of benzene rings is 1. The maximum atomic E-state index is 11.7. The molecule has 0 radical (unpaired) electrons. The Morgan fingerprint density at radius 3 is 2.69 bits per heavy atom. The number of nitrogens with zero attached hydrogens (tertiary/aromatic N) is 4. The Morgan fingerprint density at radius 1 is 1.21 bits per heavy atom. The zero-order valence-corrected chi connectivity index (χ0v) is 17.3. The fourth-order valence-electron chi connectivity index (χ4n) is 5.07. The van der Waals surface area contributed by atoms with E-state index in [9.17, 15) is 4.79 Å². The van der Waals surface area contributed by atoms with Gasteiger partial charge in [0, 0.05) is 49.3 Å². The van der Waals surface area contributed by atoms with Crippen LogP contribution < -0.4 is 10.6 Å². The number of hydrogen-bond acceptors (Lipinski definition) is 7. The van der Waals surface area contributed by atoms with Crippen LogP contribution in [0.2, 0.25) is 0 Å². The van der Waals surface area contributed by atoms with Crippen molar-refractivity contribution in [3.63, 3.8) is 0 Å². The highest BCUT2D eigenvalue weighted by atomic mass is 16.5. The summed E-state index contributed by atoms with van der Waals surface area (Å²) in [5, 5.41) is 0. The molecule has 2 N–H and O–H groups in total. The molecule has 1 aromatic heterocycles. The molecular formula is C22H29N5O2. The molecule has 0 saturated carbocycles. The SMILES string of the molecule is COC(=O)CCc1c(C)nc(N)nc1N1C[C@@H]2CN(C)[C@@H](c3ccccc3)[C@@H]2C1. The van der Waals surface area contributed by atoms with Crippen molar-refractivity contribution in [2.75, 3.05) is 44.4 Å². The van der Waals surface area contributed by atoms with E-state index in [0.717, 1.165) is 36.7 Å². The van der Waals surface area contributed by atoms with Crippen LogP contribution in [0.25, 0.3) is 0 Å². The molecule has 4 rings (SSSR count). The molecule has 29 heavy (non-hydrogen) atoms. The molecule has 0 bridgehead atoms. The molecule has 2 aromatic rings. The molecule has 7 heteroatoms. The maximum absolute atomic E-state index is 11.7. The molecule has 2 fully saturated rings. The summed E-state index contributed by atoms with van der Waals surface area (Å²) in [5.74, 6) is 2.05. The summed E-state index contributed by atoms with van der Waals surface area (Å²) >= 11 is 0. The lowest BCUT2D eigenvalue weighted by Gasteiger charge is -2.28. The lowest BCUT2D eigenvalue weighted by atomic mass is 9.90. The van der Waals surface area contributed by atoms with E-state index < -0.39 is 0 Å². The van der Waals surface area contributed by atoms with E-state index in [2.05, 4.69) is 57.1 Å². The number of esters is 1. The molecule has 0 unspecified atom stereocenters. The lowest BCUT2D eigenvalue weighted by Crippen LogP contribution is -2.30. The van der Waals surface area contributed by atoms with E-state index in [0.29, 0.717) is 30.7 Å². The molecular weight excluding hydrogens is 366 g/mol. The highest BCUT2D eigenvalue weighted by molar-refractivity contribution is 5.70. The quantitative estimate of drug-likeness (QED) is 0.777. The molecule has 0 amide bonds. The van der Waals surface area contributed by atoms with Crippen LogP contribution in [0, 0.1) is 18.8 Å². The van der Waals surface area contributed by atoms with Crippen LogP contribution in [0.15, 0.2) is 30.3 Å². The van der Waals surface area contributed by atoms with E-state index in [1.165, 1.54) is 12.7 Å². The van der Waals surface area contributed by atoms with Gasteiger partial charge in [0.25, 0.3) is 0 Å². The fourth-order valence-corrected chi connectivity index (χ4v) is 5.07. The van der Waals surface area contributed by atoms with Crippen LogP contribution in [-0.4, -0.2) is 54.6 Å². The topological polar surface area (TPSA) is 84.6 Å². The molecule has 1 aromatic carbocycles. The molecule has 7 nitrogen and oxygen atoms in total. The molecule has 2 saturated heterocycles. The van der Waals surface area contributed by atoms with Gasteiger partial charge < -0.3 is 15.4 Å². The third-order valence-electron chi connectivity index (χ3n) is 6.35. The summed E-state index contributed by atoms with van der Waals surface area (Å²) < 4.78 is 4.81. The number of carbonyl (C=O) groups excluding carboxylic acids is 1. The van der Waals surface area contributed by atoms with E-state index in [1.54, 1.807) is 0 Å². The number of anilines is 2. The zero-order valence-electron chi connectivity index (χ0n) is 17.3. The van der Waals surface area contributed by atoms with Crippen LogP contribution in [0.5, 0.6) is 0 Å². The van der Waals surface area contributed by atoms with Gasteiger partial charge in [-0.2, -0.15) is 4.98 Å². The summed E-state index contributed by atoms with van der Waals surface area (Å²) in [4.78, 5) is 25.4. The van der Waals surface area contributed by atoms with Crippen molar-refractivity contribution in [1.29, 1.82) is 0 Å². The van der Waals surface area contributed by atoms with Gasteiger partial charge in [-0.25, -0.2) is 4.98 Å². The molecule has 3 atom stereocenters. The minimum atomic E-state index is -0.226. The highest BCUT2D eigenvalue weighted by Gasteiger charge is 2.46. The minimum absolute atomic E-state index is 0.226. The van der Waals surface area contributed by atoms with Crippen molar-refractivity contribution in [2.45, 2.75) is 25.8 Å². The van der Waals surface area contributed by atoms with Crippen molar-refractivity contribution < 1.29 is 9.53 Å². The van der Waals surface area contributed by atoms with Gasteiger partial charge in [-0.05, 0) is 31.9 Å². The van der Waals surface area contributed by atoms with Crippen LogP contribution in [0.4, 0.5) is 11.8 Å². The number of nitrogen functional groups attached to an aromatic ring is 1. The van der Waals surface area contributed by atoms with E-state index in [1.807, 2.05) is 6.92 Å². The fraction of sp³-hybridized carbons (Fsp3) is 0.500. The molecule has 3 heterocycles. The molecule has 2 aliphatic rings. The van der Waals surface area contributed by atoms with Crippen molar-refractivity contribution in [2.24, 2.45) is 11.8 Å². The Labute approximate surface area is 171 Å². The number of hydrogen-bond donors (Lipinski definition) is 1. The van der Waals surface area contributed by atoms with Gasteiger partial charge in [-0.1, -0.05) is 30.3 Å². The Bertz CT molecular complexity index is 888. The van der Waals surface area contributed by atoms with Gasteiger partial charge in [0.2, 0.25) is 5.95 Å². The average molecular weight is 396 g/mol. The Balaban J connectivity index is 1.60. The van der Waals surface area contributed by atoms with E-state index >= 15 is 0 Å². The van der Waals surface area contributed by atoms with Crippen LogP contribution in [-0.2, 0) is 16.0 Å². The number of aromatic nitrogens is 2. The molecule has 0 spiro atoms.